The van der Waals surface area contributed by atoms with Crippen LogP contribution in [0.15, 0.2) is 47.1 Å². The maximum absolute atomic E-state index is 10.9. The van der Waals surface area contributed by atoms with Crippen molar-refractivity contribution in [2.75, 3.05) is 13.2 Å². The first-order valence-electron chi connectivity index (χ1n) is 6.56. The Hall–Kier alpha value is -2.51. The fourth-order valence-electron chi connectivity index (χ4n) is 1.79. The summed E-state index contributed by atoms with van der Waals surface area (Å²) < 4.78 is 30.9. The van der Waals surface area contributed by atoms with Crippen molar-refractivity contribution in [2.24, 2.45) is 10.1 Å². The average molecular weight is 317 g/mol. The molecule has 0 radical (unpaired) electrons. The molecule has 0 amide bonds. The van der Waals surface area contributed by atoms with Crippen molar-refractivity contribution in [1.29, 1.82) is 0 Å². The molecule has 2 aromatic rings. The Balaban J connectivity index is 2.41. The summed E-state index contributed by atoms with van der Waals surface area (Å²) in [6, 6.07) is 8.87. The second-order valence-electron chi connectivity index (χ2n) is 4.25. The Bertz CT molecular complexity index is 779. The van der Waals surface area contributed by atoms with Crippen LogP contribution in [-0.2, 0) is 10.5 Å². The third kappa shape index (κ3) is 4.51. The van der Waals surface area contributed by atoms with E-state index in [-0.39, 0.29) is 12.3 Å². The van der Waals surface area contributed by atoms with E-state index in [0.717, 1.165) is 5.56 Å². The van der Waals surface area contributed by atoms with Crippen LogP contribution in [0.25, 0.3) is 12.2 Å². The zero-order valence-corrected chi connectivity index (χ0v) is 12.5. The first-order valence-corrected chi connectivity index (χ1v) is 7.59. The molecule has 114 valence electrons. The minimum absolute atomic E-state index is 0.259. The smallest absolute Gasteiger partial charge is 0.316 e. The highest BCUT2D eigenvalue weighted by Crippen LogP contribution is 2.32. The number of hydrogen-bond acceptors (Lipinski definition) is 6. The molecule has 0 aliphatic rings. The molecule has 0 bridgehead atoms. The van der Waals surface area contributed by atoms with Crippen molar-refractivity contribution < 1.29 is 13.2 Å². The van der Waals surface area contributed by atoms with Gasteiger partial charge in [-0.25, -0.2) is 0 Å². The van der Waals surface area contributed by atoms with Gasteiger partial charge in [0.15, 0.2) is 0 Å². The topological polar surface area (TPSA) is 94.6 Å². The summed E-state index contributed by atoms with van der Waals surface area (Å²) >= 11 is 0. The molecule has 0 fully saturated rings. The molecule has 0 atom stereocenters. The van der Waals surface area contributed by atoms with Crippen LogP contribution in [0.4, 0.5) is 5.69 Å². The molecule has 22 heavy (non-hydrogen) atoms. The van der Waals surface area contributed by atoms with Gasteiger partial charge in [0.25, 0.3) is 0 Å². The van der Waals surface area contributed by atoms with Gasteiger partial charge in [0.2, 0.25) is 0 Å². The summed E-state index contributed by atoms with van der Waals surface area (Å²) in [5.74, 6) is 0.381. The molecule has 7 heteroatoms. The van der Waals surface area contributed by atoms with Crippen LogP contribution < -0.4 is 10.5 Å². The monoisotopic (exact) mass is 317 g/mol. The van der Waals surface area contributed by atoms with E-state index in [4.69, 9.17) is 10.5 Å². The van der Waals surface area contributed by atoms with Gasteiger partial charge in [0.1, 0.15) is 18.0 Å². The molecule has 2 rings (SSSR count). The quantitative estimate of drug-likeness (QED) is 0.882. The molecule has 0 saturated carbocycles. The fraction of sp³-hybridized carbons (Fsp3) is 0.133. The van der Waals surface area contributed by atoms with Crippen LogP contribution >= 0.6 is 0 Å². The summed E-state index contributed by atoms with van der Waals surface area (Å²) in [6.45, 7) is 0.614. The Kier molecular flexibility index (Phi) is 5.81. The maximum Gasteiger partial charge on any atom is 0.316 e. The Labute approximate surface area is 130 Å². The van der Waals surface area contributed by atoms with Gasteiger partial charge in [0.05, 0.1) is 0 Å². The van der Waals surface area contributed by atoms with Crippen molar-refractivity contribution >= 4 is 28.3 Å². The Morgan fingerprint density at radius 3 is 2.64 bits per heavy atom. The van der Waals surface area contributed by atoms with Gasteiger partial charge in [-0.3, -0.25) is 4.98 Å². The van der Waals surface area contributed by atoms with Crippen LogP contribution in [0.3, 0.4) is 0 Å². The van der Waals surface area contributed by atoms with Gasteiger partial charge in [-0.15, -0.1) is 4.36 Å². The average Bonchev–Trinajstić information content (AvgIpc) is 2.53. The van der Waals surface area contributed by atoms with Gasteiger partial charge in [0, 0.05) is 24.5 Å². The van der Waals surface area contributed by atoms with Crippen molar-refractivity contribution in [2.45, 2.75) is 0 Å². The summed E-state index contributed by atoms with van der Waals surface area (Å²) in [7, 11) is -2.57. The Morgan fingerprint density at radius 2 is 1.95 bits per heavy atom. The number of benzene rings is 1. The van der Waals surface area contributed by atoms with Crippen LogP contribution in [-0.4, -0.2) is 26.6 Å². The van der Waals surface area contributed by atoms with Crippen molar-refractivity contribution in [1.82, 2.24) is 4.98 Å². The lowest BCUT2D eigenvalue weighted by atomic mass is 10.1. The minimum Gasteiger partial charge on any atom is -0.490 e. The standard InChI is InChI=1S/C15H15N3O3S/c16-8-11-21-14-3-1-2-13(15(14)18-22(19)20)5-4-12-6-9-17-10-7-12/h1-7,9-10H,8,11,16H2. The normalized spacial score (nSPS) is 10.6. The number of pyridine rings is 1. The number of nitrogens with zero attached hydrogens (tertiary/aromatic N) is 2. The Morgan fingerprint density at radius 1 is 1.18 bits per heavy atom. The van der Waals surface area contributed by atoms with Crippen LogP contribution in [0.5, 0.6) is 5.75 Å². The second kappa shape index (κ2) is 8.06. The molecule has 0 aliphatic carbocycles. The van der Waals surface area contributed by atoms with Gasteiger partial charge < -0.3 is 10.5 Å². The molecule has 6 nitrogen and oxygen atoms in total. The number of hydrogen-bond donors (Lipinski definition) is 1. The molecule has 0 spiro atoms. The molecule has 1 aromatic carbocycles. The van der Waals surface area contributed by atoms with E-state index in [2.05, 4.69) is 9.35 Å². The predicted octanol–water partition coefficient (Wildman–Crippen LogP) is 2.28. The minimum atomic E-state index is -2.57. The van der Waals surface area contributed by atoms with E-state index in [9.17, 15) is 8.42 Å². The highest BCUT2D eigenvalue weighted by atomic mass is 32.2. The zero-order chi connectivity index (χ0) is 15.8. The third-order valence-corrected chi connectivity index (χ3v) is 3.06. The van der Waals surface area contributed by atoms with E-state index >= 15 is 0 Å². The highest BCUT2D eigenvalue weighted by Gasteiger charge is 2.07. The molecular formula is C15H15N3O3S. The van der Waals surface area contributed by atoms with Crippen LogP contribution in [0.2, 0.25) is 0 Å². The highest BCUT2D eigenvalue weighted by molar-refractivity contribution is 7.61. The number of aromatic nitrogens is 1. The van der Waals surface area contributed by atoms with Gasteiger partial charge >= 0.3 is 10.5 Å². The molecule has 0 saturated heterocycles. The van der Waals surface area contributed by atoms with Crippen molar-refractivity contribution in [3.8, 4) is 5.75 Å². The summed E-state index contributed by atoms with van der Waals surface area (Å²) in [4.78, 5) is 3.94. The largest absolute Gasteiger partial charge is 0.490 e. The van der Waals surface area contributed by atoms with Crippen molar-refractivity contribution in [3.05, 3.63) is 53.9 Å². The lowest BCUT2D eigenvalue weighted by Gasteiger charge is -2.08. The van der Waals surface area contributed by atoms with Gasteiger partial charge in [-0.05, 0) is 23.8 Å². The molecule has 0 unspecified atom stereocenters. The first-order chi connectivity index (χ1) is 10.7. The lowest BCUT2D eigenvalue weighted by molar-refractivity contribution is 0.329. The number of nitrogens with two attached hydrogens (primary N) is 1. The zero-order valence-electron chi connectivity index (χ0n) is 11.7. The SMILES string of the molecule is NCCOc1cccc(C=Cc2ccncc2)c1N=S(=O)=O. The van der Waals surface area contributed by atoms with Crippen LogP contribution in [0, 0.1) is 0 Å². The molecule has 0 aliphatic heterocycles. The van der Waals surface area contributed by atoms with E-state index in [0.29, 0.717) is 17.9 Å². The molecule has 2 N–H and O–H groups in total. The fourth-order valence-corrected chi connectivity index (χ4v) is 2.14. The first kappa shape index (κ1) is 15.9. The van der Waals surface area contributed by atoms with Gasteiger partial charge in [-0.2, -0.15) is 8.42 Å². The molecule has 1 aromatic heterocycles. The molecular weight excluding hydrogens is 302 g/mol. The number of rotatable bonds is 6. The third-order valence-electron chi connectivity index (χ3n) is 2.73. The summed E-state index contributed by atoms with van der Waals surface area (Å²) in [6.07, 6.45) is 6.98. The number of ether oxygens (including phenoxy) is 1. The van der Waals surface area contributed by atoms with E-state index in [1.165, 1.54) is 0 Å². The second-order valence-corrected chi connectivity index (χ2v) is 4.87. The molecule has 1 heterocycles. The van der Waals surface area contributed by atoms with Crippen LogP contribution in [0.1, 0.15) is 11.1 Å². The van der Waals surface area contributed by atoms with Gasteiger partial charge in [-0.1, -0.05) is 24.3 Å². The van der Waals surface area contributed by atoms with E-state index in [1.54, 1.807) is 36.7 Å². The summed E-state index contributed by atoms with van der Waals surface area (Å²) in [5.41, 5.74) is 7.24. The van der Waals surface area contributed by atoms with E-state index in [1.807, 2.05) is 18.2 Å². The van der Waals surface area contributed by atoms with Crippen molar-refractivity contribution in [3.63, 3.8) is 0 Å². The summed E-state index contributed by atoms with van der Waals surface area (Å²) in [5, 5.41) is 0. The maximum atomic E-state index is 10.9. The lowest BCUT2D eigenvalue weighted by Crippen LogP contribution is -2.10. The van der Waals surface area contributed by atoms with E-state index < -0.39 is 10.5 Å². The predicted molar refractivity (Wildman–Crippen MR) is 85.2 cm³/mol.